The van der Waals surface area contributed by atoms with Crippen molar-refractivity contribution in [3.63, 3.8) is 0 Å². The van der Waals surface area contributed by atoms with Gasteiger partial charge in [0.1, 0.15) is 30.1 Å². The number of nitrogens with two attached hydrogens (primary N) is 1. The topological polar surface area (TPSA) is 136 Å². The van der Waals surface area contributed by atoms with Crippen molar-refractivity contribution in [2.45, 2.75) is 58.7 Å². The van der Waals surface area contributed by atoms with Crippen LogP contribution in [-0.4, -0.2) is 53.3 Å². The monoisotopic (exact) mass is 619 g/mol. The number of nitrogens with zero attached hydrogens (tertiary/aromatic N) is 2. The normalized spacial score (nSPS) is 12.6. The fourth-order valence-electron chi connectivity index (χ4n) is 4.16. The summed E-state index contributed by atoms with van der Waals surface area (Å²) in [5.74, 6) is -1.80. The third kappa shape index (κ3) is 10.1. The number of fused-ring (bicyclic) bond motifs is 1. The van der Waals surface area contributed by atoms with Gasteiger partial charge in [-0.3, -0.25) is 19.9 Å². The second-order valence-electron chi connectivity index (χ2n) is 10.3. The molecule has 0 aliphatic rings. The number of hydrogen-bond acceptors (Lipinski definition) is 8. The van der Waals surface area contributed by atoms with E-state index in [-0.39, 0.29) is 42.4 Å². The smallest absolute Gasteiger partial charge is 0.412 e. The van der Waals surface area contributed by atoms with E-state index < -0.39 is 35.8 Å². The molecule has 0 spiro atoms. The number of nitrogens with one attached hydrogen (secondary N) is 2. The molecular weight excluding hydrogens is 584 g/mol. The quantitative estimate of drug-likeness (QED) is 0.125. The van der Waals surface area contributed by atoms with Gasteiger partial charge in [0.05, 0.1) is 17.7 Å². The highest BCUT2D eigenvalue weighted by molar-refractivity contribution is 6.31. The Hall–Kier alpha value is -3.87. The zero-order chi connectivity index (χ0) is 31.5. The number of carbonyl (C=O) groups excluding carboxylic acids is 3. The van der Waals surface area contributed by atoms with Crippen molar-refractivity contribution in [3.8, 4) is 0 Å². The molecule has 3 aromatic rings. The predicted octanol–water partition coefficient (Wildman–Crippen LogP) is 5.33. The Morgan fingerprint density at radius 1 is 1.07 bits per heavy atom. The van der Waals surface area contributed by atoms with Crippen LogP contribution in [0.4, 0.5) is 19.4 Å². The van der Waals surface area contributed by atoms with Crippen LogP contribution in [0.25, 0.3) is 10.8 Å². The third-order valence-electron chi connectivity index (χ3n) is 6.66. The van der Waals surface area contributed by atoms with Crippen LogP contribution < -0.4 is 16.5 Å². The van der Waals surface area contributed by atoms with Gasteiger partial charge in [0.25, 0.3) is 0 Å². The maximum atomic E-state index is 13.9. The molecule has 3 rings (SSSR count). The lowest BCUT2D eigenvalue weighted by Gasteiger charge is -2.31. The van der Waals surface area contributed by atoms with Crippen molar-refractivity contribution in [1.82, 2.24) is 15.4 Å². The highest BCUT2D eigenvalue weighted by atomic mass is 35.5. The first-order valence-electron chi connectivity index (χ1n) is 13.8. The molecule has 0 aliphatic carbocycles. The SMILES string of the molecule is CC(=O)N(NCc1cccc(F)c1Cl)[C@@H](CCCCOC(=O)[C@H](N)C(C)C)COC(=O)Nc1cc2cc(F)ccc2cn1. The number of ether oxygens (including phenoxy) is 2. The molecule has 2 aromatic carbocycles. The summed E-state index contributed by atoms with van der Waals surface area (Å²) in [6.07, 6.45) is 1.99. The fourth-order valence-corrected chi connectivity index (χ4v) is 4.35. The van der Waals surface area contributed by atoms with Gasteiger partial charge in [0.2, 0.25) is 5.91 Å². The first-order valence-corrected chi connectivity index (χ1v) is 14.2. The molecule has 0 radical (unpaired) electrons. The second-order valence-corrected chi connectivity index (χ2v) is 10.7. The molecule has 43 heavy (non-hydrogen) atoms. The van der Waals surface area contributed by atoms with Crippen molar-refractivity contribution in [1.29, 1.82) is 0 Å². The number of rotatable bonds is 14. The Kier molecular flexibility index (Phi) is 12.6. The molecule has 0 bridgehead atoms. The van der Waals surface area contributed by atoms with Crippen molar-refractivity contribution >= 4 is 46.2 Å². The minimum absolute atomic E-state index is 0.0289. The molecule has 10 nitrogen and oxygen atoms in total. The van der Waals surface area contributed by atoms with Gasteiger partial charge in [-0.25, -0.2) is 24.0 Å². The van der Waals surface area contributed by atoms with Crippen LogP contribution in [0.3, 0.4) is 0 Å². The summed E-state index contributed by atoms with van der Waals surface area (Å²) in [5.41, 5.74) is 9.21. The minimum Gasteiger partial charge on any atom is -0.465 e. The number of pyridine rings is 1. The first-order chi connectivity index (χ1) is 20.5. The Labute approximate surface area is 253 Å². The van der Waals surface area contributed by atoms with E-state index in [0.29, 0.717) is 35.6 Å². The predicted molar refractivity (Wildman–Crippen MR) is 159 cm³/mol. The fraction of sp³-hybridized carbons (Fsp3) is 0.400. The maximum Gasteiger partial charge on any atom is 0.412 e. The summed E-state index contributed by atoms with van der Waals surface area (Å²) in [6.45, 7) is 4.93. The average molecular weight is 620 g/mol. The summed E-state index contributed by atoms with van der Waals surface area (Å²) in [7, 11) is 0. The van der Waals surface area contributed by atoms with Crippen molar-refractivity contribution in [2.75, 3.05) is 18.5 Å². The minimum atomic E-state index is -0.832. The molecule has 0 saturated heterocycles. The van der Waals surface area contributed by atoms with Crippen LogP contribution in [0.2, 0.25) is 5.02 Å². The lowest BCUT2D eigenvalue weighted by molar-refractivity contribution is -0.146. The Morgan fingerprint density at radius 3 is 2.56 bits per heavy atom. The van der Waals surface area contributed by atoms with Gasteiger partial charge in [-0.15, -0.1) is 0 Å². The number of hydrogen-bond donors (Lipinski definition) is 3. The molecule has 1 heterocycles. The zero-order valence-electron chi connectivity index (χ0n) is 24.2. The number of amides is 2. The number of unbranched alkanes of at least 4 members (excludes halogenated alkanes) is 1. The Bertz CT molecular complexity index is 1430. The van der Waals surface area contributed by atoms with Gasteiger partial charge in [-0.2, -0.15) is 0 Å². The lowest BCUT2D eigenvalue weighted by Crippen LogP contribution is -2.50. The number of hydrazine groups is 1. The van der Waals surface area contributed by atoms with E-state index in [1.54, 1.807) is 12.1 Å². The van der Waals surface area contributed by atoms with E-state index in [1.807, 2.05) is 13.8 Å². The van der Waals surface area contributed by atoms with Crippen molar-refractivity contribution < 1.29 is 32.6 Å². The molecule has 0 saturated carbocycles. The molecular formula is C30H36ClF2N5O5. The average Bonchev–Trinajstić information content (AvgIpc) is 2.96. The third-order valence-corrected chi connectivity index (χ3v) is 7.09. The molecule has 2 atom stereocenters. The van der Waals surface area contributed by atoms with Gasteiger partial charge in [0.15, 0.2) is 0 Å². The van der Waals surface area contributed by atoms with Crippen LogP contribution in [0.5, 0.6) is 0 Å². The van der Waals surface area contributed by atoms with Crippen LogP contribution in [0.15, 0.2) is 48.7 Å². The summed E-state index contributed by atoms with van der Waals surface area (Å²) in [6, 6.07) is 8.69. The highest BCUT2D eigenvalue weighted by Crippen LogP contribution is 2.21. The van der Waals surface area contributed by atoms with E-state index in [9.17, 15) is 23.2 Å². The second kappa shape index (κ2) is 16.1. The van der Waals surface area contributed by atoms with Crippen molar-refractivity contribution in [3.05, 3.63) is 70.9 Å². The largest absolute Gasteiger partial charge is 0.465 e. The summed E-state index contributed by atoms with van der Waals surface area (Å²) < 4.78 is 38.2. The zero-order valence-corrected chi connectivity index (χ0v) is 25.0. The first kappa shape index (κ1) is 33.6. The number of halogens is 3. The molecule has 1 aromatic heterocycles. The highest BCUT2D eigenvalue weighted by Gasteiger charge is 2.24. The van der Waals surface area contributed by atoms with Crippen molar-refractivity contribution in [2.24, 2.45) is 11.7 Å². The van der Waals surface area contributed by atoms with Crippen LogP contribution in [-0.2, 0) is 25.6 Å². The molecule has 0 aliphatic heterocycles. The van der Waals surface area contributed by atoms with Gasteiger partial charge < -0.3 is 15.2 Å². The number of esters is 1. The van der Waals surface area contributed by atoms with E-state index in [0.717, 1.165) is 0 Å². The van der Waals surface area contributed by atoms with Gasteiger partial charge in [-0.1, -0.05) is 37.6 Å². The van der Waals surface area contributed by atoms with Crippen LogP contribution >= 0.6 is 11.6 Å². The summed E-state index contributed by atoms with van der Waals surface area (Å²) in [5, 5.41) is 4.97. The standard InChI is InChI=1S/C30H36ClF2N5O5/c1-18(2)28(34)29(40)42-12-5-4-8-24(38(19(3)39)36-16-21-7-6-9-25(33)27(21)31)17-43-30(41)37-26-14-22-13-23(32)11-10-20(22)15-35-26/h6-7,9-11,13-15,18,24,28,36H,4-5,8,12,16-17,34H2,1-3H3,(H,35,37,41)/t24-,28+/m0/s1. The Balaban J connectivity index is 1.65. The molecule has 4 N–H and O–H groups in total. The molecule has 0 fully saturated rings. The summed E-state index contributed by atoms with van der Waals surface area (Å²) >= 11 is 6.07. The van der Waals surface area contributed by atoms with E-state index in [1.165, 1.54) is 48.5 Å². The van der Waals surface area contributed by atoms with E-state index >= 15 is 0 Å². The molecule has 0 unspecified atom stereocenters. The van der Waals surface area contributed by atoms with Gasteiger partial charge in [0, 0.05) is 25.1 Å². The number of aromatic nitrogens is 1. The molecule has 2 amide bonds. The van der Waals surface area contributed by atoms with Crippen LogP contribution in [0.1, 0.15) is 45.6 Å². The van der Waals surface area contributed by atoms with Crippen LogP contribution in [0, 0.1) is 17.6 Å². The summed E-state index contributed by atoms with van der Waals surface area (Å²) in [4.78, 5) is 41.5. The molecule has 232 valence electrons. The molecule has 13 heteroatoms. The van der Waals surface area contributed by atoms with E-state index in [2.05, 4.69) is 15.7 Å². The number of carbonyl (C=O) groups is 3. The maximum absolute atomic E-state index is 13.9. The lowest BCUT2D eigenvalue weighted by atomic mass is 10.1. The number of anilines is 1. The van der Waals surface area contributed by atoms with E-state index in [4.69, 9.17) is 26.8 Å². The number of benzene rings is 2. The Morgan fingerprint density at radius 2 is 1.84 bits per heavy atom. The van der Waals surface area contributed by atoms with Gasteiger partial charge >= 0.3 is 12.1 Å². The van der Waals surface area contributed by atoms with Gasteiger partial charge in [-0.05, 0) is 66.5 Å².